The van der Waals surface area contributed by atoms with Crippen molar-refractivity contribution in [2.75, 3.05) is 6.54 Å². The van der Waals surface area contributed by atoms with Crippen molar-refractivity contribution in [2.24, 2.45) is 5.41 Å². The van der Waals surface area contributed by atoms with Gasteiger partial charge in [0.2, 0.25) is 0 Å². The lowest BCUT2D eigenvalue weighted by Crippen LogP contribution is -2.30. The van der Waals surface area contributed by atoms with Gasteiger partial charge in [-0.3, -0.25) is 4.79 Å². The van der Waals surface area contributed by atoms with E-state index in [0.29, 0.717) is 29.1 Å². The number of hydrogen-bond acceptors (Lipinski definition) is 5. The fourth-order valence-corrected chi connectivity index (χ4v) is 4.21. The average molecular weight is 471 g/mol. The topological polar surface area (TPSA) is 106 Å². The maximum atomic E-state index is 12.7. The fraction of sp³-hybridized carbons (Fsp3) is 0.615. The quantitative estimate of drug-likeness (QED) is 0.520. The van der Waals surface area contributed by atoms with E-state index in [1.54, 1.807) is 17.5 Å². The van der Waals surface area contributed by atoms with Gasteiger partial charge in [0.1, 0.15) is 0 Å². The summed E-state index contributed by atoms with van der Waals surface area (Å²) in [6.45, 7) is 14.4. The number of carbonyl (C=O) groups is 2. The van der Waals surface area contributed by atoms with Gasteiger partial charge in [0.05, 0.1) is 11.3 Å². The van der Waals surface area contributed by atoms with E-state index in [9.17, 15) is 14.7 Å². The number of fused-ring (bicyclic) bond motifs is 1. The molecule has 3 rings (SSSR count). The summed E-state index contributed by atoms with van der Waals surface area (Å²) in [4.78, 5) is 29.8. The number of carboxylic acids is 1. The molecule has 0 aromatic carbocycles. The van der Waals surface area contributed by atoms with Gasteiger partial charge in [-0.2, -0.15) is 5.10 Å². The third-order valence-electron chi connectivity index (χ3n) is 6.11. The normalized spacial score (nSPS) is 16.9. The van der Waals surface area contributed by atoms with Gasteiger partial charge in [-0.25, -0.2) is 14.3 Å². The zero-order valence-electron chi connectivity index (χ0n) is 21.5. The van der Waals surface area contributed by atoms with Gasteiger partial charge < -0.3 is 15.2 Å². The van der Waals surface area contributed by atoms with Gasteiger partial charge in [0.15, 0.2) is 17.4 Å². The highest BCUT2D eigenvalue weighted by Gasteiger charge is 2.35. The molecule has 0 radical (unpaired) electrons. The van der Waals surface area contributed by atoms with E-state index < -0.39 is 17.7 Å². The summed E-state index contributed by atoms with van der Waals surface area (Å²) in [6, 6.07) is 1.66. The van der Waals surface area contributed by atoms with Crippen LogP contribution in [0.5, 0.6) is 0 Å². The second-order valence-electron chi connectivity index (χ2n) is 10.9. The molecule has 0 bridgehead atoms. The highest BCUT2D eigenvalue weighted by atomic mass is 16.5. The Bertz CT molecular complexity index is 1110. The molecule has 0 aliphatic heterocycles. The van der Waals surface area contributed by atoms with Gasteiger partial charge in [-0.1, -0.05) is 33.3 Å². The van der Waals surface area contributed by atoms with Crippen molar-refractivity contribution in [2.45, 2.75) is 92.3 Å². The Balaban J connectivity index is 2.22. The number of allylic oxidation sites excluding steroid dienone is 2. The minimum absolute atomic E-state index is 0.174. The molecule has 2 aromatic heterocycles. The molecule has 2 N–H and O–H groups in total. The number of aryl methyl sites for hydroxylation is 1. The predicted octanol–water partition coefficient (Wildman–Crippen LogP) is 5.10. The summed E-state index contributed by atoms with van der Waals surface area (Å²) in [5.74, 6) is -1.34. The van der Waals surface area contributed by atoms with Crippen LogP contribution in [-0.4, -0.2) is 43.7 Å². The van der Waals surface area contributed by atoms with E-state index in [1.165, 1.54) is 0 Å². The first-order valence-electron chi connectivity index (χ1n) is 12.1. The van der Waals surface area contributed by atoms with Crippen molar-refractivity contribution >= 4 is 23.1 Å². The molecule has 8 nitrogen and oxygen atoms in total. The van der Waals surface area contributed by atoms with Gasteiger partial charge in [0, 0.05) is 23.9 Å². The molecule has 1 amide bonds. The van der Waals surface area contributed by atoms with E-state index >= 15 is 0 Å². The molecule has 2 aromatic rings. The minimum atomic E-state index is -1.21. The SMILES string of the molecule is CCCCNC(=O)c1cc2nc(C)c(C(OC(C)(C)C)C(=O)O)c(C3=CCC(C)(C)CC3)n2n1. The maximum Gasteiger partial charge on any atom is 0.337 e. The number of ether oxygens (including phenoxy) is 1. The van der Waals surface area contributed by atoms with Crippen LogP contribution >= 0.6 is 0 Å². The molecule has 0 saturated carbocycles. The van der Waals surface area contributed by atoms with Crippen molar-refractivity contribution in [3.8, 4) is 0 Å². The number of carbonyl (C=O) groups excluding carboxylic acids is 1. The van der Waals surface area contributed by atoms with Crippen LogP contribution in [-0.2, 0) is 9.53 Å². The molecule has 8 heteroatoms. The Morgan fingerprint density at radius 3 is 2.59 bits per heavy atom. The maximum absolute atomic E-state index is 12.7. The minimum Gasteiger partial charge on any atom is -0.479 e. The largest absolute Gasteiger partial charge is 0.479 e. The summed E-state index contributed by atoms with van der Waals surface area (Å²) in [6.07, 6.45) is 5.43. The smallest absolute Gasteiger partial charge is 0.337 e. The highest BCUT2D eigenvalue weighted by molar-refractivity contribution is 5.93. The van der Waals surface area contributed by atoms with Crippen molar-refractivity contribution in [1.82, 2.24) is 19.9 Å². The van der Waals surface area contributed by atoms with Crippen molar-refractivity contribution < 1.29 is 19.4 Å². The van der Waals surface area contributed by atoms with E-state index in [-0.39, 0.29) is 17.0 Å². The number of unbranched alkanes of at least 4 members (excludes halogenated alkanes) is 1. The molecule has 0 spiro atoms. The summed E-state index contributed by atoms with van der Waals surface area (Å²) < 4.78 is 7.65. The highest BCUT2D eigenvalue weighted by Crippen LogP contribution is 2.41. The third-order valence-corrected chi connectivity index (χ3v) is 6.11. The molecule has 34 heavy (non-hydrogen) atoms. The van der Waals surface area contributed by atoms with Gasteiger partial charge >= 0.3 is 5.97 Å². The molecule has 0 fully saturated rings. The molecule has 2 heterocycles. The molecule has 186 valence electrons. The average Bonchev–Trinajstić information content (AvgIpc) is 3.14. The van der Waals surface area contributed by atoms with Crippen LogP contribution in [0.2, 0.25) is 0 Å². The van der Waals surface area contributed by atoms with Crippen molar-refractivity contribution in [3.63, 3.8) is 0 Å². The lowest BCUT2D eigenvalue weighted by molar-refractivity contribution is -0.160. The van der Waals surface area contributed by atoms with Crippen molar-refractivity contribution in [1.29, 1.82) is 0 Å². The zero-order valence-corrected chi connectivity index (χ0v) is 21.5. The van der Waals surface area contributed by atoms with Crippen LogP contribution < -0.4 is 5.32 Å². The first kappa shape index (κ1) is 25.9. The first-order valence-corrected chi connectivity index (χ1v) is 12.1. The van der Waals surface area contributed by atoms with Crippen LogP contribution in [0.1, 0.15) is 107 Å². The van der Waals surface area contributed by atoms with Gasteiger partial charge in [0.25, 0.3) is 5.91 Å². The lowest BCUT2D eigenvalue weighted by Gasteiger charge is -2.31. The standard InChI is InChI=1S/C26H38N4O4/c1-8-9-14-27-23(31)18-15-19-28-16(2)20(22(24(32)33)34-25(3,4)5)21(30(19)29-18)17-10-12-26(6,7)13-11-17/h10,15,22H,8-9,11-14H2,1-7H3,(H,27,31)(H,32,33). The Kier molecular flexibility index (Phi) is 7.50. The number of nitrogens with zero attached hydrogens (tertiary/aromatic N) is 3. The van der Waals surface area contributed by atoms with Gasteiger partial charge in [-0.05, 0) is 64.4 Å². The molecule has 1 aliphatic carbocycles. The Morgan fingerprint density at radius 1 is 1.32 bits per heavy atom. The number of aliphatic carboxylic acids is 1. The van der Waals surface area contributed by atoms with Crippen LogP contribution in [0.4, 0.5) is 0 Å². The Morgan fingerprint density at radius 2 is 2.03 bits per heavy atom. The number of carboxylic acid groups (broad SMARTS) is 1. The lowest BCUT2D eigenvalue weighted by atomic mass is 9.77. The van der Waals surface area contributed by atoms with Gasteiger partial charge in [-0.15, -0.1) is 0 Å². The monoisotopic (exact) mass is 470 g/mol. The molecular formula is C26H38N4O4. The van der Waals surface area contributed by atoms with E-state index in [0.717, 1.165) is 37.7 Å². The van der Waals surface area contributed by atoms with E-state index in [1.807, 2.05) is 20.8 Å². The summed E-state index contributed by atoms with van der Waals surface area (Å²) in [7, 11) is 0. The second-order valence-corrected chi connectivity index (χ2v) is 10.9. The number of rotatable bonds is 8. The molecular weight excluding hydrogens is 432 g/mol. The third kappa shape index (κ3) is 5.84. The Labute approximate surface area is 201 Å². The second kappa shape index (κ2) is 9.86. The first-order chi connectivity index (χ1) is 15.8. The zero-order chi connectivity index (χ0) is 25.3. The summed E-state index contributed by atoms with van der Waals surface area (Å²) >= 11 is 0. The van der Waals surface area contributed by atoms with E-state index in [4.69, 9.17) is 4.74 Å². The van der Waals surface area contributed by atoms with Crippen LogP contribution in [0.3, 0.4) is 0 Å². The number of aromatic nitrogens is 3. The van der Waals surface area contributed by atoms with Crippen LogP contribution in [0, 0.1) is 12.3 Å². The number of nitrogens with one attached hydrogen (secondary N) is 1. The molecule has 0 saturated heterocycles. The number of hydrogen-bond donors (Lipinski definition) is 2. The summed E-state index contributed by atoms with van der Waals surface area (Å²) in [5.41, 5.74) is 3.00. The molecule has 1 atom stereocenters. The van der Waals surface area contributed by atoms with Crippen molar-refractivity contribution in [3.05, 3.63) is 34.8 Å². The predicted molar refractivity (Wildman–Crippen MR) is 132 cm³/mol. The molecule has 1 aliphatic rings. The summed E-state index contributed by atoms with van der Waals surface area (Å²) in [5, 5.41) is 17.6. The van der Waals surface area contributed by atoms with E-state index in [2.05, 4.69) is 42.2 Å². The van der Waals surface area contributed by atoms with Crippen LogP contribution in [0.15, 0.2) is 12.1 Å². The molecule has 1 unspecified atom stereocenters. The fourth-order valence-electron chi connectivity index (χ4n) is 4.21. The van der Waals surface area contributed by atoms with Crippen LogP contribution in [0.25, 0.3) is 11.2 Å². The Hall–Kier alpha value is -2.74. The number of amides is 1.